The zero-order chi connectivity index (χ0) is 21.7. The summed E-state index contributed by atoms with van der Waals surface area (Å²) in [5, 5.41) is 6.83. The number of hydrogen-bond acceptors (Lipinski definition) is 8. The van der Waals surface area contributed by atoms with Crippen molar-refractivity contribution >= 4 is 16.1 Å². The molecule has 0 radical (unpaired) electrons. The number of hydrogen-bond donors (Lipinski definition) is 1. The minimum absolute atomic E-state index is 0.0700. The number of ether oxygens (including phenoxy) is 1. The summed E-state index contributed by atoms with van der Waals surface area (Å²) in [6.45, 7) is 2.67. The molecule has 2 aromatic heterocycles. The van der Waals surface area contributed by atoms with Crippen LogP contribution in [0.4, 0.5) is 0 Å². The Morgan fingerprint density at radius 1 is 1.16 bits per heavy atom. The number of carbonyl (C=O) groups is 1. The lowest BCUT2D eigenvalue weighted by molar-refractivity contribution is -0.126. The first-order valence-corrected chi connectivity index (χ1v) is 11.8. The summed E-state index contributed by atoms with van der Waals surface area (Å²) < 4.78 is 38.8. The number of carbonyl (C=O) groups excluding carboxylic acids is 1. The molecule has 2 saturated heterocycles. The number of amides is 1. The van der Waals surface area contributed by atoms with Crippen molar-refractivity contribution in [2.75, 3.05) is 45.9 Å². The summed E-state index contributed by atoms with van der Waals surface area (Å²) in [5.41, 5.74) is 0.740. The minimum atomic E-state index is -3.48. The first-order chi connectivity index (χ1) is 15.0. The second kappa shape index (κ2) is 9.81. The normalized spacial score (nSPS) is 19.4. The lowest BCUT2D eigenvalue weighted by Crippen LogP contribution is -2.51. The first kappa shape index (κ1) is 21.8. The highest BCUT2D eigenvalue weighted by Gasteiger charge is 2.35. The Hall–Kier alpha value is -2.41. The van der Waals surface area contributed by atoms with Crippen LogP contribution in [0.25, 0.3) is 11.5 Å². The largest absolute Gasteiger partial charge is 0.379 e. The van der Waals surface area contributed by atoms with E-state index in [2.05, 4.69) is 20.4 Å². The third-order valence-electron chi connectivity index (χ3n) is 5.47. The molecule has 2 fully saturated rings. The maximum atomic E-state index is 12.7. The molecular formula is C19H26N6O5S. The van der Waals surface area contributed by atoms with Gasteiger partial charge in [0.2, 0.25) is 5.91 Å². The Balaban J connectivity index is 1.21. The van der Waals surface area contributed by atoms with Gasteiger partial charge in [0.25, 0.3) is 16.1 Å². The van der Waals surface area contributed by atoms with Crippen LogP contribution in [0.1, 0.15) is 18.7 Å². The molecule has 12 heteroatoms. The van der Waals surface area contributed by atoms with Gasteiger partial charge in [-0.25, -0.2) is 0 Å². The molecule has 0 aromatic carbocycles. The van der Waals surface area contributed by atoms with Crippen molar-refractivity contribution in [1.82, 2.24) is 29.1 Å². The molecule has 0 saturated carbocycles. The number of nitrogens with zero attached hydrogens (tertiary/aromatic N) is 5. The van der Waals surface area contributed by atoms with Crippen LogP contribution in [-0.2, 0) is 26.2 Å². The van der Waals surface area contributed by atoms with Gasteiger partial charge in [-0.3, -0.25) is 9.78 Å². The first-order valence-electron chi connectivity index (χ1n) is 10.4. The zero-order valence-corrected chi connectivity index (χ0v) is 18.0. The van der Waals surface area contributed by atoms with Crippen LogP contribution in [0.5, 0.6) is 0 Å². The second-order valence-corrected chi connectivity index (χ2v) is 9.42. The molecule has 0 atom stereocenters. The Labute approximate surface area is 181 Å². The number of piperidine rings is 1. The Morgan fingerprint density at radius 2 is 1.90 bits per heavy atom. The average Bonchev–Trinajstić information content (AvgIpc) is 3.29. The maximum absolute atomic E-state index is 12.7. The topological polar surface area (TPSA) is 131 Å². The zero-order valence-electron chi connectivity index (χ0n) is 17.1. The summed E-state index contributed by atoms with van der Waals surface area (Å²) in [5.74, 6) is 0.626. The van der Waals surface area contributed by atoms with Crippen LogP contribution in [0.2, 0.25) is 0 Å². The molecule has 2 aliphatic heterocycles. The third-order valence-corrected chi connectivity index (χ3v) is 7.51. The van der Waals surface area contributed by atoms with Crippen molar-refractivity contribution in [2.45, 2.75) is 19.3 Å². The van der Waals surface area contributed by atoms with Gasteiger partial charge in [-0.05, 0) is 25.0 Å². The van der Waals surface area contributed by atoms with Crippen molar-refractivity contribution in [2.24, 2.45) is 5.92 Å². The number of aromatic nitrogens is 3. The van der Waals surface area contributed by atoms with Gasteiger partial charge in [0.1, 0.15) is 0 Å². The summed E-state index contributed by atoms with van der Waals surface area (Å²) in [6.07, 6.45) is 4.76. The van der Waals surface area contributed by atoms with E-state index in [-0.39, 0.29) is 11.8 Å². The Bertz CT molecular complexity index is 969. The number of morpholine rings is 1. The monoisotopic (exact) mass is 450 g/mol. The van der Waals surface area contributed by atoms with E-state index >= 15 is 0 Å². The fourth-order valence-electron chi connectivity index (χ4n) is 3.69. The molecule has 4 heterocycles. The van der Waals surface area contributed by atoms with E-state index in [1.165, 1.54) is 8.61 Å². The minimum Gasteiger partial charge on any atom is -0.379 e. The van der Waals surface area contributed by atoms with Crippen LogP contribution >= 0.6 is 0 Å². The summed E-state index contributed by atoms with van der Waals surface area (Å²) >= 11 is 0. The van der Waals surface area contributed by atoms with Gasteiger partial charge in [0, 0.05) is 57.5 Å². The predicted molar refractivity (Wildman–Crippen MR) is 110 cm³/mol. The molecule has 2 aliphatic rings. The summed E-state index contributed by atoms with van der Waals surface area (Å²) in [4.78, 5) is 20.8. The Kier molecular flexibility index (Phi) is 6.90. The van der Waals surface area contributed by atoms with Crippen molar-refractivity contribution in [3.8, 4) is 11.5 Å². The molecule has 31 heavy (non-hydrogen) atoms. The number of pyridine rings is 1. The van der Waals surface area contributed by atoms with Gasteiger partial charge in [0.15, 0.2) is 5.82 Å². The molecule has 4 rings (SSSR count). The van der Waals surface area contributed by atoms with Gasteiger partial charge in [-0.2, -0.15) is 22.0 Å². The van der Waals surface area contributed by atoms with E-state index in [4.69, 9.17) is 9.26 Å². The number of nitrogens with one attached hydrogen (secondary N) is 1. The quantitative estimate of drug-likeness (QED) is 0.628. The average molecular weight is 451 g/mol. The van der Waals surface area contributed by atoms with Crippen LogP contribution in [-0.4, -0.2) is 84.0 Å². The van der Waals surface area contributed by atoms with E-state index in [1.54, 1.807) is 18.5 Å². The molecule has 11 nitrogen and oxygen atoms in total. The van der Waals surface area contributed by atoms with Crippen molar-refractivity contribution < 1.29 is 22.5 Å². The third kappa shape index (κ3) is 5.26. The van der Waals surface area contributed by atoms with Crippen LogP contribution in [0.15, 0.2) is 29.0 Å². The van der Waals surface area contributed by atoms with Gasteiger partial charge in [0.05, 0.1) is 18.8 Å². The highest BCUT2D eigenvalue weighted by Crippen LogP contribution is 2.22. The molecule has 0 bridgehead atoms. The highest BCUT2D eigenvalue weighted by atomic mass is 32.2. The van der Waals surface area contributed by atoms with Crippen molar-refractivity contribution in [3.63, 3.8) is 0 Å². The van der Waals surface area contributed by atoms with Crippen LogP contribution in [0, 0.1) is 5.92 Å². The second-order valence-electron chi connectivity index (χ2n) is 7.49. The van der Waals surface area contributed by atoms with Crippen LogP contribution in [0.3, 0.4) is 0 Å². The molecule has 0 spiro atoms. The Morgan fingerprint density at radius 3 is 2.61 bits per heavy atom. The molecule has 1 N–H and O–H groups in total. The predicted octanol–water partition coefficient (Wildman–Crippen LogP) is 0.0793. The van der Waals surface area contributed by atoms with E-state index in [9.17, 15) is 13.2 Å². The van der Waals surface area contributed by atoms with E-state index in [0.29, 0.717) is 76.9 Å². The standard InChI is InChI=1S/C19H26N6O5S/c26-18(21-7-3-17-22-19(30-23-17)16-2-1-6-20-14-16)15-4-8-24(9-5-15)31(27,28)25-10-12-29-13-11-25/h1-2,6,14-15H,3-5,7-13H2,(H,21,26). The van der Waals surface area contributed by atoms with Gasteiger partial charge < -0.3 is 14.6 Å². The SMILES string of the molecule is O=C(NCCc1noc(-c2cccnc2)n1)C1CCN(S(=O)(=O)N2CCOCC2)CC1. The van der Waals surface area contributed by atoms with E-state index in [1.807, 2.05) is 6.07 Å². The number of rotatable bonds is 7. The molecule has 0 unspecified atom stereocenters. The van der Waals surface area contributed by atoms with Gasteiger partial charge in [-0.15, -0.1) is 0 Å². The molecule has 2 aromatic rings. The molecule has 1 amide bonds. The summed E-state index contributed by atoms with van der Waals surface area (Å²) in [6, 6.07) is 3.62. The van der Waals surface area contributed by atoms with E-state index in [0.717, 1.165) is 5.56 Å². The fourth-order valence-corrected chi connectivity index (χ4v) is 5.30. The van der Waals surface area contributed by atoms with Crippen molar-refractivity contribution in [1.29, 1.82) is 0 Å². The maximum Gasteiger partial charge on any atom is 0.282 e. The fraction of sp³-hybridized carbons (Fsp3) is 0.579. The van der Waals surface area contributed by atoms with Gasteiger partial charge >= 0.3 is 0 Å². The highest BCUT2D eigenvalue weighted by molar-refractivity contribution is 7.86. The van der Waals surface area contributed by atoms with E-state index < -0.39 is 10.2 Å². The molecule has 168 valence electrons. The summed E-state index contributed by atoms with van der Waals surface area (Å²) in [7, 11) is -3.48. The molecular weight excluding hydrogens is 424 g/mol. The van der Waals surface area contributed by atoms with Crippen molar-refractivity contribution in [3.05, 3.63) is 30.4 Å². The smallest absolute Gasteiger partial charge is 0.282 e. The molecule has 0 aliphatic carbocycles. The lowest BCUT2D eigenvalue weighted by atomic mass is 9.97. The lowest BCUT2D eigenvalue weighted by Gasteiger charge is -2.35. The van der Waals surface area contributed by atoms with Crippen LogP contribution < -0.4 is 5.32 Å². The van der Waals surface area contributed by atoms with Gasteiger partial charge in [-0.1, -0.05) is 5.16 Å².